The standard InChI is InChI=1S/C24H24N2O3S3/c1-5-29-17-10-8-16(9-11-17)21(27)15(4)32-24-25-22-20(23(28)26(24)14(2)3)18(13-31-22)19-7-6-12-30-19/h6-15H,5H2,1-4H3/t15-/m1/s1. The summed E-state index contributed by atoms with van der Waals surface area (Å²) < 4.78 is 7.17. The summed E-state index contributed by atoms with van der Waals surface area (Å²) in [5.41, 5.74) is 1.49. The average molecular weight is 485 g/mol. The summed E-state index contributed by atoms with van der Waals surface area (Å²) in [6, 6.07) is 11.1. The third-order valence-electron chi connectivity index (χ3n) is 5.01. The van der Waals surface area contributed by atoms with Crippen LogP contribution < -0.4 is 10.3 Å². The number of hydrogen-bond donors (Lipinski definition) is 0. The van der Waals surface area contributed by atoms with Gasteiger partial charge in [-0.3, -0.25) is 14.2 Å². The summed E-state index contributed by atoms with van der Waals surface area (Å²) in [7, 11) is 0. The fourth-order valence-electron chi connectivity index (χ4n) is 3.46. The van der Waals surface area contributed by atoms with Crippen molar-refractivity contribution in [3.63, 3.8) is 0 Å². The number of aromatic nitrogens is 2. The Bertz CT molecular complexity index is 1290. The zero-order valence-corrected chi connectivity index (χ0v) is 20.8. The molecule has 0 unspecified atom stereocenters. The van der Waals surface area contributed by atoms with Gasteiger partial charge in [0.25, 0.3) is 5.56 Å². The molecule has 0 amide bonds. The molecular weight excluding hydrogens is 460 g/mol. The molecule has 3 heterocycles. The summed E-state index contributed by atoms with van der Waals surface area (Å²) >= 11 is 4.41. The van der Waals surface area contributed by atoms with Gasteiger partial charge in [-0.25, -0.2) is 4.98 Å². The van der Waals surface area contributed by atoms with Gasteiger partial charge in [0.2, 0.25) is 0 Å². The maximum Gasteiger partial charge on any atom is 0.263 e. The van der Waals surface area contributed by atoms with Gasteiger partial charge >= 0.3 is 0 Å². The van der Waals surface area contributed by atoms with Gasteiger partial charge in [-0.15, -0.1) is 22.7 Å². The lowest BCUT2D eigenvalue weighted by Gasteiger charge is -2.18. The van der Waals surface area contributed by atoms with Gasteiger partial charge < -0.3 is 4.74 Å². The van der Waals surface area contributed by atoms with Crippen LogP contribution in [0, 0.1) is 0 Å². The van der Waals surface area contributed by atoms with Gasteiger partial charge in [0.15, 0.2) is 10.9 Å². The lowest BCUT2D eigenvalue weighted by Crippen LogP contribution is -2.26. The summed E-state index contributed by atoms with van der Waals surface area (Å²) in [5.74, 6) is 0.734. The van der Waals surface area contributed by atoms with Crippen LogP contribution in [0.2, 0.25) is 0 Å². The summed E-state index contributed by atoms with van der Waals surface area (Å²) in [6.07, 6.45) is 0. The van der Waals surface area contributed by atoms with E-state index in [0.717, 1.165) is 16.2 Å². The average Bonchev–Trinajstić information content (AvgIpc) is 3.43. The number of carbonyl (C=O) groups is 1. The lowest BCUT2D eigenvalue weighted by atomic mass is 10.1. The molecule has 3 aromatic heterocycles. The highest BCUT2D eigenvalue weighted by Gasteiger charge is 2.23. The Morgan fingerprint density at radius 1 is 1.16 bits per heavy atom. The first-order valence-electron chi connectivity index (χ1n) is 10.4. The molecule has 0 saturated carbocycles. The molecule has 1 aromatic carbocycles. The topological polar surface area (TPSA) is 61.2 Å². The van der Waals surface area contributed by atoms with Crippen molar-refractivity contribution in [2.45, 2.75) is 44.1 Å². The molecule has 0 N–H and O–H groups in total. The second-order valence-electron chi connectivity index (χ2n) is 7.55. The molecule has 4 aromatic rings. The van der Waals surface area contributed by atoms with Crippen LogP contribution in [-0.4, -0.2) is 27.2 Å². The number of benzene rings is 1. The maximum atomic E-state index is 13.5. The number of thiophene rings is 2. The normalized spacial score (nSPS) is 12.4. The molecule has 0 aliphatic heterocycles. The Balaban J connectivity index is 1.68. The molecule has 0 saturated heterocycles. The predicted octanol–water partition coefficient (Wildman–Crippen LogP) is 6.53. The summed E-state index contributed by atoms with van der Waals surface area (Å²) in [5, 5.41) is 4.84. The molecule has 0 aliphatic rings. The maximum absolute atomic E-state index is 13.5. The summed E-state index contributed by atoms with van der Waals surface area (Å²) in [6.45, 7) is 8.30. The monoisotopic (exact) mass is 484 g/mol. The van der Waals surface area contributed by atoms with E-state index in [9.17, 15) is 9.59 Å². The Morgan fingerprint density at radius 3 is 2.53 bits per heavy atom. The number of fused-ring (bicyclic) bond motifs is 1. The second-order valence-corrected chi connectivity index (χ2v) is 10.7. The third kappa shape index (κ3) is 4.40. The molecule has 8 heteroatoms. The highest BCUT2D eigenvalue weighted by molar-refractivity contribution is 8.00. The zero-order valence-electron chi connectivity index (χ0n) is 18.3. The van der Waals surface area contributed by atoms with Crippen molar-refractivity contribution >= 4 is 50.4 Å². The Labute approximate surface area is 199 Å². The molecule has 1 atom stereocenters. The fraction of sp³-hybridized carbons (Fsp3) is 0.292. The SMILES string of the molecule is CCOc1ccc(C(=O)[C@@H](C)Sc2nc3scc(-c4cccs4)c3c(=O)n2C(C)C)cc1. The van der Waals surface area contributed by atoms with Crippen LogP contribution in [0.5, 0.6) is 5.75 Å². The number of hydrogen-bond acceptors (Lipinski definition) is 7. The number of ketones is 1. The number of nitrogens with zero attached hydrogens (tertiary/aromatic N) is 2. The van der Waals surface area contributed by atoms with Gasteiger partial charge in [-0.05, 0) is 63.4 Å². The minimum atomic E-state index is -0.390. The molecule has 0 aliphatic carbocycles. The van der Waals surface area contributed by atoms with E-state index >= 15 is 0 Å². The van der Waals surface area contributed by atoms with Crippen molar-refractivity contribution in [3.05, 3.63) is 63.1 Å². The van der Waals surface area contributed by atoms with Crippen LogP contribution in [0.3, 0.4) is 0 Å². The molecule has 4 rings (SSSR count). The van der Waals surface area contributed by atoms with Crippen LogP contribution in [0.25, 0.3) is 20.7 Å². The Hall–Kier alpha value is -2.42. The van der Waals surface area contributed by atoms with E-state index in [4.69, 9.17) is 9.72 Å². The minimum absolute atomic E-state index is 0.00634. The zero-order chi connectivity index (χ0) is 22.8. The van der Waals surface area contributed by atoms with Crippen molar-refractivity contribution in [1.82, 2.24) is 9.55 Å². The van der Waals surface area contributed by atoms with Gasteiger partial charge in [0.1, 0.15) is 10.6 Å². The van der Waals surface area contributed by atoms with Gasteiger partial charge in [0, 0.05) is 27.4 Å². The van der Waals surface area contributed by atoms with Crippen molar-refractivity contribution in [2.24, 2.45) is 0 Å². The van der Waals surface area contributed by atoms with Gasteiger partial charge in [-0.2, -0.15) is 0 Å². The van der Waals surface area contributed by atoms with Crippen LogP contribution in [0.4, 0.5) is 0 Å². The number of carbonyl (C=O) groups excluding carboxylic acids is 1. The Morgan fingerprint density at radius 2 is 1.91 bits per heavy atom. The molecule has 0 spiro atoms. The Kier molecular flexibility index (Phi) is 6.83. The highest BCUT2D eigenvalue weighted by Crippen LogP contribution is 2.36. The molecular formula is C24H24N2O3S3. The fourth-order valence-corrected chi connectivity index (χ4v) is 6.39. The van der Waals surface area contributed by atoms with E-state index < -0.39 is 0 Å². The number of Topliss-reactive ketones (excluding diaryl/α,β-unsaturated/α-hetero) is 1. The van der Waals surface area contributed by atoms with Crippen LogP contribution in [0.15, 0.2) is 57.1 Å². The molecule has 32 heavy (non-hydrogen) atoms. The quantitative estimate of drug-likeness (QED) is 0.162. The van der Waals surface area contributed by atoms with E-state index in [1.807, 2.05) is 50.6 Å². The molecule has 5 nitrogen and oxygen atoms in total. The third-order valence-corrected chi connectivity index (χ3v) is 7.85. The van der Waals surface area contributed by atoms with E-state index in [0.29, 0.717) is 27.5 Å². The van der Waals surface area contributed by atoms with Crippen molar-refractivity contribution in [2.75, 3.05) is 6.61 Å². The molecule has 0 fully saturated rings. The molecule has 0 radical (unpaired) electrons. The number of ether oxygens (including phenoxy) is 1. The molecule has 0 bridgehead atoms. The van der Waals surface area contributed by atoms with Gasteiger partial charge in [-0.1, -0.05) is 17.8 Å². The number of thioether (sulfide) groups is 1. The van der Waals surface area contributed by atoms with Crippen LogP contribution in [0.1, 0.15) is 44.1 Å². The second kappa shape index (κ2) is 9.60. The summed E-state index contributed by atoms with van der Waals surface area (Å²) in [4.78, 5) is 33.1. The number of rotatable bonds is 8. The molecule has 166 valence electrons. The minimum Gasteiger partial charge on any atom is -0.494 e. The van der Waals surface area contributed by atoms with E-state index in [-0.39, 0.29) is 22.6 Å². The van der Waals surface area contributed by atoms with E-state index in [1.54, 1.807) is 40.2 Å². The van der Waals surface area contributed by atoms with E-state index in [2.05, 4.69) is 0 Å². The lowest BCUT2D eigenvalue weighted by molar-refractivity contribution is 0.0993. The van der Waals surface area contributed by atoms with Crippen molar-refractivity contribution < 1.29 is 9.53 Å². The first-order valence-corrected chi connectivity index (χ1v) is 13.1. The smallest absolute Gasteiger partial charge is 0.263 e. The van der Waals surface area contributed by atoms with Crippen LogP contribution >= 0.6 is 34.4 Å². The predicted molar refractivity (Wildman–Crippen MR) is 135 cm³/mol. The van der Waals surface area contributed by atoms with Gasteiger partial charge in [0.05, 0.1) is 17.2 Å². The largest absolute Gasteiger partial charge is 0.494 e. The van der Waals surface area contributed by atoms with Crippen LogP contribution in [-0.2, 0) is 0 Å². The first kappa shape index (κ1) is 22.8. The van der Waals surface area contributed by atoms with Crippen molar-refractivity contribution in [1.29, 1.82) is 0 Å². The highest BCUT2D eigenvalue weighted by atomic mass is 32.2. The van der Waals surface area contributed by atoms with Crippen molar-refractivity contribution in [3.8, 4) is 16.2 Å². The van der Waals surface area contributed by atoms with E-state index in [1.165, 1.54) is 23.1 Å². The first-order chi connectivity index (χ1) is 15.4.